The molecule has 0 bridgehead atoms. The van der Waals surface area contributed by atoms with Crippen molar-refractivity contribution in [3.05, 3.63) is 59.7 Å². The highest BCUT2D eigenvalue weighted by Gasteiger charge is 2.34. The lowest BCUT2D eigenvalue weighted by Crippen LogP contribution is -2.18. The Labute approximate surface area is 125 Å². The fourth-order valence-electron chi connectivity index (χ4n) is 2.54. The van der Waals surface area contributed by atoms with Crippen LogP contribution in [0.15, 0.2) is 53.4 Å². The second kappa shape index (κ2) is 5.64. The van der Waals surface area contributed by atoms with Gasteiger partial charge in [0.25, 0.3) is 0 Å². The molecule has 0 saturated heterocycles. The molecule has 1 heterocycles. The Hall–Kier alpha value is -1.62. The van der Waals surface area contributed by atoms with Crippen LogP contribution >= 0.6 is 11.8 Å². The predicted molar refractivity (Wildman–Crippen MR) is 79.6 cm³/mol. The summed E-state index contributed by atoms with van der Waals surface area (Å²) in [7, 11) is 0. The lowest BCUT2D eigenvalue weighted by Gasteiger charge is -2.28. The Morgan fingerprint density at radius 2 is 1.71 bits per heavy atom. The summed E-state index contributed by atoms with van der Waals surface area (Å²) in [5, 5.41) is 3.08. The van der Waals surface area contributed by atoms with Gasteiger partial charge < -0.3 is 5.32 Å². The fourth-order valence-corrected chi connectivity index (χ4v) is 3.66. The first-order valence-corrected chi connectivity index (χ1v) is 7.69. The highest BCUT2D eigenvalue weighted by Crippen LogP contribution is 2.40. The number of para-hydroxylation sites is 1. The van der Waals surface area contributed by atoms with E-state index in [1.165, 1.54) is 12.1 Å². The van der Waals surface area contributed by atoms with Crippen molar-refractivity contribution in [3.63, 3.8) is 0 Å². The Morgan fingerprint density at radius 1 is 1.00 bits per heavy atom. The third kappa shape index (κ3) is 3.02. The van der Waals surface area contributed by atoms with Gasteiger partial charge in [-0.1, -0.05) is 30.3 Å². The molecule has 5 heteroatoms. The standard InChI is InChI=1S/C16H14F3NS/c17-16(18,19)12-6-2-3-7-14(12)20-13-9-10-21-15-8-4-1-5-11(13)15/h1-8,13,20H,9-10H2. The van der Waals surface area contributed by atoms with Crippen molar-refractivity contribution < 1.29 is 13.2 Å². The van der Waals surface area contributed by atoms with Crippen LogP contribution in [-0.4, -0.2) is 5.75 Å². The van der Waals surface area contributed by atoms with E-state index in [-0.39, 0.29) is 11.7 Å². The maximum absolute atomic E-state index is 13.1. The molecule has 1 N–H and O–H groups in total. The summed E-state index contributed by atoms with van der Waals surface area (Å²) in [4.78, 5) is 1.14. The van der Waals surface area contributed by atoms with E-state index in [0.29, 0.717) is 0 Å². The fraction of sp³-hybridized carbons (Fsp3) is 0.250. The summed E-state index contributed by atoms with van der Waals surface area (Å²) in [6.07, 6.45) is -3.53. The highest BCUT2D eigenvalue weighted by molar-refractivity contribution is 7.99. The number of anilines is 1. The summed E-state index contributed by atoms with van der Waals surface area (Å²) in [5.41, 5.74) is 0.614. The topological polar surface area (TPSA) is 12.0 Å². The van der Waals surface area contributed by atoms with Crippen LogP contribution < -0.4 is 5.32 Å². The molecule has 1 aliphatic rings. The van der Waals surface area contributed by atoms with E-state index in [0.717, 1.165) is 28.7 Å². The van der Waals surface area contributed by atoms with Gasteiger partial charge >= 0.3 is 6.18 Å². The molecule has 1 unspecified atom stereocenters. The lowest BCUT2D eigenvalue weighted by molar-refractivity contribution is -0.137. The summed E-state index contributed by atoms with van der Waals surface area (Å²) in [6.45, 7) is 0. The first-order chi connectivity index (χ1) is 10.1. The molecule has 0 saturated carbocycles. The Kier molecular flexibility index (Phi) is 3.85. The van der Waals surface area contributed by atoms with E-state index < -0.39 is 11.7 Å². The molecule has 1 aliphatic heterocycles. The lowest BCUT2D eigenvalue weighted by atomic mass is 10.0. The van der Waals surface area contributed by atoms with Crippen LogP contribution in [0.1, 0.15) is 23.6 Å². The number of nitrogens with one attached hydrogen (secondary N) is 1. The van der Waals surface area contributed by atoms with Crippen LogP contribution in [0, 0.1) is 0 Å². The smallest absolute Gasteiger partial charge is 0.378 e. The van der Waals surface area contributed by atoms with Gasteiger partial charge in [0.15, 0.2) is 0 Å². The molecule has 3 rings (SSSR count). The zero-order valence-corrected chi connectivity index (χ0v) is 12.0. The quantitative estimate of drug-likeness (QED) is 0.802. The number of rotatable bonds is 2. The molecule has 2 aromatic carbocycles. The first-order valence-electron chi connectivity index (χ1n) is 6.70. The molecule has 0 fully saturated rings. The number of benzene rings is 2. The number of thioether (sulfide) groups is 1. The van der Waals surface area contributed by atoms with Crippen molar-refractivity contribution in [3.8, 4) is 0 Å². The summed E-state index contributed by atoms with van der Waals surface area (Å²) < 4.78 is 39.2. The molecule has 0 aliphatic carbocycles. The molecular formula is C16H14F3NS. The monoisotopic (exact) mass is 309 g/mol. The molecule has 0 radical (unpaired) electrons. The maximum Gasteiger partial charge on any atom is 0.418 e. The van der Waals surface area contributed by atoms with Gasteiger partial charge in [-0.2, -0.15) is 13.2 Å². The van der Waals surface area contributed by atoms with Crippen LogP contribution in [0.3, 0.4) is 0 Å². The van der Waals surface area contributed by atoms with Crippen LogP contribution in [0.25, 0.3) is 0 Å². The zero-order chi connectivity index (χ0) is 14.9. The molecule has 2 aromatic rings. The van der Waals surface area contributed by atoms with Crippen molar-refractivity contribution in [1.82, 2.24) is 0 Å². The first kappa shape index (κ1) is 14.3. The molecule has 110 valence electrons. The normalized spacial score (nSPS) is 18.1. The van der Waals surface area contributed by atoms with Crippen molar-refractivity contribution in [2.45, 2.75) is 23.5 Å². The average Bonchev–Trinajstić information content (AvgIpc) is 2.47. The molecule has 21 heavy (non-hydrogen) atoms. The van der Waals surface area contributed by atoms with Crippen LogP contribution in [0.5, 0.6) is 0 Å². The minimum atomic E-state index is -4.34. The third-order valence-corrected chi connectivity index (χ3v) is 4.64. The number of hydrogen-bond acceptors (Lipinski definition) is 2. The van der Waals surface area contributed by atoms with Crippen molar-refractivity contribution in [2.24, 2.45) is 0 Å². The van der Waals surface area contributed by atoms with E-state index in [4.69, 9.17) is 0 Å². The Bertz CT molecular complexity index is 639. The maximum atomic E-state index is 13.1. The number of alkyl halides is 3. The highest BCUT2D eigenvalue weighted by atomic mass is 32.2. The van der Waals surface area contributed by atoms with E-state index >= 15 is 0 Å². The molecular weight excluding hydrogens is 295 g/mol. The zero-order valence-electron chi connectivity index (χ0n) is 11.2. The molecule has 0 aromatic heterocycles. The minimum Gasteiger partial charge on any atom is -0.378 e. The molecule has 0 amide bonds. The average molecular weight is 309 g/mol. The van der Waals surface area contributed by atoms with Gasteiger partial charge in [0.1, 0.15) is 0 Å². The van der Waals surface area contributed by atoms with Crippen molar-refractivity contribution >= 4 is 17.4 Å². The van der Waals surface area contributed by atoms with Gasteiger partial charge in [-0.05, 0) is 30.2 Å². The van der Waals surface area contributed by atoms with E-state index in [1.807, 2.05) is 24.3 Å². The van der Waals surface area contributed by atoms with Gasteiger partial charge in [-0.3, -0.25) is 0 Å². The van der Waals surface area contributed by atoms with E-state index in [1.54, 1.807) is 17.8 Å². The summed E-state index contributed by atoms with van der Waals surface area (Å²) in [6, 6.07) is 13.5. The minimum absolute atomic E-state index is 0.0778. The van der Waals surface area contributed by atoms with Crippen molar-refractivity contribution in [2.75, 3.05) is 11.1 Å². The second-order valence-electron chi connectivity index (χ2n) is 4.92. The predicted octanol–water partition coefficient (Wildman–Crippen LogP) is 5.35. The van der Waals surface area contributed by atoms with Crippen LogP contribution in [0.4, 0.5) is 18.9 Å². The molecule has 1 atom stereocenters. The van der Waals surface area contributed by atoms with E-state index in [9.17, 15) is 13.2 Å². The Morgan fingerprint density at radius 3 is 2.52 bits per heavy atom. The van der Waals surface area contributed by atoms with Gasteiger partial charge in [0, 0.05) is 16.3 Å². The number of hydrogen-bond donors (Lipinski definition) is 1. The Balaban J connectivity index is 1.92. The SMILES string of the molecule is FC(F)(F)c1ccccc1NC1CCSc2ccccc21. The number of fused-ring (bicyclic) bond motifs is 1. The largest absolute Gasteiger partial charge is 0.418 e. The van der Waals surface area contributed by atoms with Gasteiger partial charge in [-0.15, -0.1) is 11.8 Å². The van der Waals surface area contributed by atoms with Gasteiger partial charge in [-0.25, -0.2) is 0 Å². The molecule has 0 spiro atoms. The second-order valence-corrected chi connectivity index (χ2v) is 6.05. The van der Waals surface area contributed by atoms with Crippen LogP contribution in [-0.2, 0) is 6.18 Å². The third-order valence-electron chi connectivity index (χ3n) is 3.52. The summed E-state index contributed by atoms with van der Waals surface area (Å²) in [5.74, 6) is 0.906. The van der Waals surface area contributed by atoms with Gasteiger partial charge in [0.2, 0.25) is 0 Å². The van der Waals surface area contributed by atoms with E-state index in [2.05, 4.69) is 5.32 Å². The van der Waals surface area contributed by atoms with Crippen LogP contribution in [0.2, 0.25) is 0 Å². The van der Waals surface area contributed by atoms with Crippen molar-refractivity contribution in [1.29, 1.82) is 0 Å². The summed E-state index contributed by atoms with van der Waals surface area (Å²) >= 11 is 1.75. The number of halogens is 3. The van der Waals surface area contributed by atoms with Gasteiger partial charge in [0.05, 0.1) is 11.6 Å². The molecule has 1 nitrogen and oxygen atoms in total.